The van der Waals surface area contributed by atoms with Gasteiger partial charge in [0.05, 0.1) is 0 Å². The molecule has 3 rings (SSSR count). The number of esters is 1. The van der Waals surface area contributed by atoms with E-state index in [0.717, 1.165) is 24.1 Å². The van der Waals surface area contributed by atoms with Crippen molar-refractivity contribution in [2.45, 2.75) is 32.3 Å². The fourth-order valence-corrected chi connectivity index (χ4v) is 2.82. The number of anilines is 1. The molecule has 0 aromatic heterocycles. The molecule has 0 aliphatic carbocycles. The van der Waals surface area contributed by atoms with Crippen molar-refractivity contribution in [1.29, 1.82) is 0 Å². The number of carbonyl (C=O) groups is 3. The molecule has 0 unspecified atom stereocenters. The zero-order chi connectivity index (χ0) is 17.1. The van der Waals surface area contributed by atoms with E-state index in [4.69, 9.17) is 4.74 Å². The maximum absolute atomic E-state index is 12.7. The second-order valence-corrected chi connectivity index (χ2v) is 5.76. The van der Waals surface area contributed by atoms with Gasteiger partial charge in [0.15, 0.2) is 6.10 Å². The Balaban J connectivity index is 1.67. The van der Waals surface area contributed by atoms with Gasteiger partial charge in [0, 0.05) is 18.7 Å². The summed E-state index contributed by atoms with van der Waals surface area (Å²) >= 11 is 0. The van der Waals surface area contributed by atoms with Crippen LogP contribution in [0.1, 0.15) is 25.3 Å². The van der Waals surface area contributed by atoms with Gasteiger partial charge in [-0.05, 0) is 37.5 Å². The number of hydrazine groups is 1. The van der Waals surface area contributed by atoms with Crippen LogP contribution in [0, 0.1) is 0 Å². The topological polar surface area (TPSA) is 87.7 Å². The number of hydrogen-bond donors (Lipinski definition) is 2. The first-order valence-corrected chi connectivity index (χ1v) is 7.91. The van der Waals surface area contributed by atoms with Crippen LogP contribution >= 0.6 is 0 Å². The molecule has 24 heavy (non-hydrogen) atoms. The first-order chi connectivity index (χ1) is 11.6. The molecule has 2 amide bonds. The fourth-order valence-electron chi connectivity index (χ4n) is 2.82. The van der Waals surface area contributed by atoms with Crippen molar-refractivity contribution in [1.82, 2.24) is 10.9 Å². The van der Waals surface area contributed by atoms with E-state index in [-0.39, 0.29) is 23.9 Å². The fraction of sp³-hybridized carbons (Fsp3) is 0.353. The first-order valence-electron chi connectivity index (χ1n) is 7.91. The average Bonchev–Trinajstić information content (AvgIpc) is 2.61. The van der Waals surface area contributed by atoms with Crippen LogP contribution in [0.2, 0.25) is 0 Å². The van der Waals surface area contributed by atoms with Crippen LogP contribution in [0.3, 0.4) is 0 Å². The van der Waals surface area contributed by atoms with E-state index in [9.17, 15) is 14.4 Å². The van der Waals surface area contributed by atoms with Gasteiger partial charge in [-0.3, -0.25) is 20.4 Å². The number of aryl methyl sites for hydroxylation is 1. The smallest absolute Gasteiger partial charge is 0.356 e. The molecular weight excluding hydrogens is 310 g/mol. The van der Waals surface area contributed by atoms with E-state index in [1.807, 2.05) is 24.3 Å². The van der Waals surface area contributed by atoms with Gasteiger partial charge in [-0.2, -0.15) is 0 Å². The van der Waals surface area contributed by atoms with Crippen molar-refractivity contribution < 1.29 is 19.1 Å². The highest BCUT2D eigenvalue weighted by atomic mass is 16.5. The minimum atomic E-state index is -0.913. The number of rotatable bonds is 3. The van der Waals surface area contributed by atoms with Crippen LogP contribution in [-0.4, -0.2) is 30.4 Å². The molecule has 1 aromatic carbocycles. The van der Waals surface area contributed by atoms with Crippen LogP contribution < -0.4 is 15.8 Å². The van der Waals surface area contributed by atoms with Crippen molar-refractivity contribution in [3.05, 3.63) is 41.6 Å². The molecule has 7 heteroatoms. The van der Waals surface area contributed by atoms with E-state index >= 15 is 0 Å². The Hall–Kier alpha value is -2.83. The van der Waals surface area contributed by atoms with Crippen LogP contribution in [0.5, 0.6) is 0 Å². The number of nitrogens with one attached hydrogen (secondary N) is 2. The van der Waals surface area contributed by atoms with E-state index in [1.165, 1.54) is 6.08 Å². The van der Waals surface area contributed by atoms with Crippen molar-refractivity contribution in [2.24, 2.45) is 0 Å². The van der Waals surface area contributed by atoms with Crippen molar-refractivity contribution in [2.75, 3.05) is 11.4 Å². The Kier molecular flexibility index (Phi) is 4.50. The Morgan fingerprint density at radius 3 is 2.79 bits per heavy atom. The highest BCUT2D eigenvalue weighted by Gasteiger charge is 2.29. The summed E-state index contributed by atoms with van der Waals surface area (Å²) in [6.07, 6.45) is 2.43. The van der Waals surface area contributed by atoms with Gasteiger partial charge in [-0.25, -0.2) is 4.79 Å². The largest absolute Gasteiger partial charge is 0.448 e. The van der Waals surface area contributed by atoms with E-state index in [1.54, 1.807) is 11.8 Å². The molecule has 0 saturated heterocycles. The molecule has 0 fully saturated rings. The van der Waals surface area contributed by atoms with E-state index < -0.39 is 12.1 Å². The summed E-state index contributed by atoms with van der Waals surface area (Å²) in [6, 6.07) is 7.75. The third-order valence-corrected chi connectivity index (χ3v) is 4.06. The summed E-state index contributed by atoms with van der Waals surface area (Å²) in [6.45, 7) is 2.16. The molecule has 2 aliphatic heterocycles. The van der Waals surface area contributed by atoms with Crippen LogP contribution in [-0.2, 0) is 25.5 Å². The van der Waals surface area contributed by atoms with Gasteiger partial charge in [0.25, 0.3) is 5.91 Å². The van der Waals surface area contributed by atoms with Crippen LogP contribution in [0.15, 0.2) is 36.0 Å². The van der Waals surface area contributed by atoms with Gasteiger partial charge in [-0.1, -0.05) is 18.2 Å². The van der Waals surface area contributed by atoms with E-state index in [2.05, 4.69) is 10.9 Å². The molecule has 0 spiro atoms. The summed E-state index contributed by atoms with van der Waals surface area (Å²) in [5.41, 5.74) is 6.94. The number of nitrogens with zero attached hydrogens (tertiary/aromatic N) is 1. The van der Waals surface area contributed by atoms with Crippen molar-refractivity contribution in [3.63, 3.8) is 0 Å². The lowest BCUT2D eigenvalue weighted by Crippen LogP contribution is -2.45. The summed E-state index contributed by atoms with van der Waals surface area (Å²) in [7, 11) is 0. The van der Waals surface area contributed by atoms with Crippen LogP contribution in [0.4, 0.5) is 5.69 Å². The molecule has 1 atom stereocenters. The van der Waals surface area contributed by atoms with Crippen LogP contribution in [0.25, 0.3) is 0 Å². The maximum atomic E-state index is 12.7. The highest BCUT2D eigenvalue weighted by Crippen LogP contribution is 2.27. The molecule has 0 bridgehead atoms. The van der Waals surface area contributed by atoms with Gasteiger partial charge in [-0.15, -0.1) is 0 Å². The van der Waals surface area contributed by atoms with Crippen molar-refractivity contribution >= 4 is 23.5 Å². The highest BCUT2D eigenvalue weighted by molar-refractivity contribution is 6.00. The van der Waals surface area contributed by atoms with Gasteiger partial charge in [0.1, 0.15) is 5.70 Å². The SMILES string of the molecule is C[C@H](OC(=O)C1=CCC(=O)NN1)C(=O)N1CCCc2ccccc21. The number of amides is 2. The predicted octanol–water partition coefficient (Wildman–Crippen LogP) is 0.806. The summed E-state index contributed by atoms with van der Waals surface area (Å²) in [5, 5.41) is 0. The minimum absolute atomic E-state index is 0.0965. The number of para-hydroxylation sites is 1. The van der Waals surface area contributed by atoms with Gasteiger partial charge < -0.3 is 9.64 Å². The summed E-state index contributed by atoms with van der Waals surface area (Å²) < 4.78 is 5.24. The lowest BCUT2D eigenvalue weighted by Gasteiger charge is -2.31. The number of carbonyl (C=O) groups excluding carboxylic acids is 3. The number of benzene rings is 1. The van der Waals surface area contributed by atoms with Gasteiger partial charge >= 0.3 is 5.97 Å². The second kappa shape index (κ2) is 6.74. The molecule has 2 aliphatic rings. The first kappa shape index (κ1) is 16.0. The molecule has 7 nitrogen and oxygen atoms in total. The molecule has 0 radical (unpaired) electrons. The molecule has 2 heterocycles. The standard InChI is InChI=1S/C17H19N3O4/c1-11(24-17(23)13-8-9-15(21)19-18-13)16(22)20-10-4-6-12-5-2-3-7-14(12)20/h2-3,5,7-8,11,18H,4,6,9-10H2,1H3,(H,19,21)/t11-/m0/s1. The Morgan fingerprint density at radius 2 is 2.04 bits per heavy atom. The molecule has 0 saturated carbocycles. The lowest BCUT2D eigenvalue weighted by atomic mass is 10.0. The minimum Gasteiger partial charge on any atom is -0.448 e. The molecular formula is C17H19N3O4. The lowest BCUT2D eigenvalue weighted by molar-refractivity contribution is -0.150. The summed E-state index contributed by atoms with van der Waals surface area (Å²) in [5.74, 6) is -1.15. The van der Waals surface area contributed by atoms with Crippen molar-refractivity contribution in [3.8, 4) is 0 Å². The number of fused-ring (bicyclic) bond motifs is 1. The van der Waals surface area contributed by atoms with E-state index in [0.29, 0.717) is 6.54 Å². The normalized spacial score (nSPS) is 17.8. The quantitative estimate of drug-likeness (QED) is 0.801. The Labute approximate surface area is 139 Å². The Morgan fingerprint density at radius 1 is 1.25 bits per heavy atom. The molecule has 2 N–H and O–H groups in total. The molecule has 126 valence electrons. The average molecular weight is 329 g/mol. The number of ether oxygens (including phenoxy) is 1. The third-order valence-electron chi connectivity index (χ3n) is 4.06. The monoisotopic (exact) mass is 329 g/mol. The zero-order valence-electron chi connectivity index (χ0n) is 13.4. The second-order valence-electron chi connectivity index (χ2n) is 5.76. The number of hydrogen-bond acceptors (Lipinski definition) is 5. The summed E-state index contributed by atoms with van der Waals surface area (Å²) in [4.78, 5) is 37.5. The molecule has 1 aromatic rings. The predicted molar refractivity (Wildman–Crippen MR) is 86.6 cm³/mol. The zero-order valence-corrected chi connectivity index (χ0v) is 13.4. The third kappa shape index (κ3) is 3.24. The van der Waals surface area contributed by atoms with Gasteiger partial charge in [0.2, 0.25) is 5.91 Å². The maximum Gasteiger partial charge on any atom is 0.356 e. The Bertz CT molecular complexity index is 714.